The zero-order chi connectivity index (χ0) is 11.0. The molecule has 3 rings (SSSR count). The van der Waals surface area contributed by atoms with Crippen molar-refractivity contribution in [3.8, 4) is 0 Å². The van der Waals surface area contributed by atoms with Crippen molar-refractivity contribution >= 4 is 33.3 Å². The van der Waals surface area contributed by atoms with Crippen molar-refractivity contribution in [2.24, 2.45) is 0 Å². The van der Waals surface area contributed by atoms with Crippen molar-refractivity contribution in [2.75, 3.05) is 12.3 Å². The number of hydrogen-bond donors (Lipinski definition) is 1. The lowest BCUT2D eigenvalue weighted by Gasteiger charge is -2.25. The lowest BCUT2D eigenvalue weighted by Crippen LogP contribution is -2.34. The summed E-state index contributed by atoms with van der Waals surface area (Å²) in [6.07, 6.45) is 0. The number of rotatable bonds is 1. The minimum absolute atomic E-state index is 0.443. The third-order valence-electron chi connectivity index (χ3n) is 2.81. The van der Waals surface area contributed by atoms with Crippen LogP contribution in [0.2, 0.25) is 0 Å². The van der Waals surface area contributed by atoms with Crippen LogP contribution in [0.1, 0.15) is 18.0 Å². The van der Waals surface area contributed by atoms with E-state index in [1.807, 2.05) is 23.1 Å². The standard InChI is InChI=1S/C12H14N2S2/c1-8-6-13-10(7-15-8)12-14-9-4-2-3-5-11(9)16-12/h2-5,8,10,13H,6-7H2,1H3. The first-order valence-electron chi connectivity index (χ1n) is 5.53. The lowest BCUT2D eigenvalue weighted by atomic mass is 10.3. The van der Waals surface area contributed by atoms with Crippen LogP contribution >= 0.6 is 23.1 Å². The molecule has 16 heavy (non-hydrogen) atoms. The number of para-hydroxylation sites is 1. The summed E-state index contributed by atoms with van der Waals surface area (Å²) in [5.74, 6) is 1.14. The highest BCUT2D eigenvalue weighted by atomic mass is 32.2. The zero-order valence-corrected chi connectivity index (χ0v) is 10.8. The normalized spacial score (nSPS) is 26.1. The van der Waals surface area contributed by atoms with Gasteiger partial charge in [0, 0.05) is 17.5 Å². The molecule has 1 aromatic carbocycles. The maximum atomic E-state index is 4.70. The summed E-state index contributed by atoms with van der Waals surface area (Å²) < 4.78 is 1.29. The van der Waals surface area contributed by atoms with Crippen LogP contribution in [0.3, 0.4) is 0 Å². The third-order valence-corrected chi connectivity index (χ3v) is 5.22. The van der Waals surface area contributed by atoms with Gasteiger partial charge in [-0.05, 0) is 12.1 Å². The molecule has 1 aliphatic heterocycles. The number of fused-ring (bicyclic) bond motifs is 1. The molecule has 4 heteroatoms. The maximum absolute atomic E-state index is 4.70. The van der Waals surface area contributed by atoms with Gasteiger partial charge in [0.05, 0.1) is 16.3 Å². The molecular formula is C12H14N2S2. The number of benzene rings is 1. The summed E-state index contributed by atoms with van der Waals surface area (Å²) in [7, 11) is 0. The quantitative estimate of drug-likeness (QED) is 0.842. The van der Waals surface area contributed by atoms with E-state index < -0.39 is 0 Å². The average Bonchev–Trinajstić information content (AvgIpc) is 2.73. The Hall–Kier alpha value is -0.580. The third kappa shape index (κ3) is 1.97. The van der Waals surface area contributed by atoms with E-state index in [1.165, 1.54) is 9.71 Å². The van der Waals surface area contributed by atoms with Gasteiger partial charge in [0.1, 0.15) is 5.01 Å². The molecule has 2 heterocycles. The van der Waals surface area contributed by atoms with E-state index in [1.54, 1.807) is 0 Å². The lowest BCUT2D eigenvalue weighted by molar-refractivity contribution is 0.562. The second-order valence-electron chi connectivity index (χ2n) is 4.12. The fourth-order valence-corrected chi connectivity index (χ4v) is 4.04. The van der Waals surface area contributed by atoms with Gasteiger partial charge in [0.25, 0.3) is 0 Å². The van der Waals surface area contributed by atoms with Gasteiger partial charge in [-0.1, -0.05) is 19.1 Å². The zero-order valence-electron chi connectivity index (χ0n) is 9.14. The monoisotopic (exact) mass is 250 g/mol. The van der Waals surface area contributed by atoms with Crippen LogP contribution in [0, 0.1) is 0 Å². The molecule has 0 spiro atoms. The number of hydrogen-bond acceptors (Lipinski definition) is 4. The summed E-state index contributed by atoms with van der Waals surface area (Å²) in [4.78, 5) is 4.70. The minimum Gasteiger partial charge on any atom is -0.306 e. The Kier molecular flexibility index (Phi) is 2.88. The van der Waals surface area contributed by atoms with E-state index in [9.17, 15) is 0 Å². The summed E-state index contributed by atoms with van der Waals surface area (Å²) in [6.45, 7) is 3.36. The Labute approximate surface area is 103 Å². The van der Waals surface area contributed by atoms with Crippen LogP contribution in [0.5, 0.6) is 0 Å². The van der Waals surface area contributed by atoms with E-state index in [4.69, 9.17) is 4.98 Å². The minimum atomic E-state index is 0.443. The van der Waals surface area contributed by atoms with E-state index >= 15 is 0 Å². The molecule has 2 atom stereocenters. The Bertz CT molecular complexity index is 453. The molecule has 1 aliphatic rings. The fraction of sp³-hybridized carbons (Fsp3) is 0.417. The van der Waals surface area contributed by atoms with Crippen molar-refractivity contribution in [2.45, 2.75) is 18.2 Å². The van der Waals surface area contributed by atoms with E-state index in [0.29, 0.717) is 6.04 Å². The molecular weight excluding hydrogens is 236 g/mol. The first kappa shape index (κ1) is 10.6. The summed E-state index contributed by atoms with van der Waals surface area (Å²) in [5, 5.41) is 5.54. The van der Waals surface area contributed by atoms with Gasteiger partial charge in [0.15, 0.2) is 0 Å². The highest BCUT2D eigenvalue weighted by Gasteiger charge is 2.21. The number of thioether (sulfide) groups is 1. The largest absolute Gasteiger partial charge is 0.306 e. The van der Waals surface area contributed by atoms with Gasteiger partial charge < -0.3 is 5.32 Å². The Balaban J connectivity index is 1.88. The van der Waals surface area contributed by atoms with Crippen LogP contribution in [-0.4, -0.2) is 22.5 Å². The van der Waals surface area contributed by atoms with Gasteiger partial charge in [-0.3, -0.25) is 0 Å². The van der Waals surface area contributed by atoms with Gasteiger partial charge in [-0.15, -0.1) is 11.3 Å². The van der Waals surface area contributed by atoms with Crippen LogP contribution < -0.4 is 5.32 Å². The predicted molar refractivity (Wildman–Crippen MR) is 72.3 cm³/mol. The molecule has 0 radical (unpaired) electrons. The van der Waals surface area contributed by atoms with Crippen LogP contribution in [-0.2, 0) is 0 Å². The first-order chi connectivity index (χ1) is 7.83. The highest BCUT2D eigenvalue weighted by molar-refractivity contribution is 8.00. The van der Waals surface area contributed by atoms with Gasteiger partial charge in [-0.2, -0.15) is 11.8 Å². The molecule has 1 aromatic heterocycles. The van der Waals surface area contributed by atoms with E-state index in [-0.39, 0.29) is 0 Å². The summed E-state index contributed by atoms with van der Waals surface area (Å²) in [5.41, 5.74) is 1.13. The van der Waals surface area contributed by atoms with Crippen molar-refractivity contribution in [1.29, 1.82) is 0 Å². The van der Waals surface area contributed by atoms with Crippen molar-refractivity contribution in [1.82, 2.24) is 10.3 Å². The molecule has 2 nitrogen and oxygen atoms in total. The molecule has 84 valence electrons. The molecule has 0 aliphatic carbocycles. The summed E-state index contributed by atoms with van der Waals surface area (Å²) in [6, 6.07) is 8.81. The molecule has 1 saturated heterocycles. The molecule has 2 aromatic rings. The second-order valence-corrected chi connectivity index (χ2v) is 6.66. The topological polar surface area (TPSA) is 24.9 Å². The van der Waals surface area contributed by atoms with Crippen LogP contribution in [0.15, 0.2) is 24.3 Å². The number of nitrogens with zero attached hydrogens (tertiary/aromatic N) is 1. The first-order valence-corrected chi connectivity index (χ1v) is 7.40. The SMILES string of the molecule is CC1CNC(c2nc3ccccc3s2)CS1. The second kappa shape index (κ2) is 4.35. The molecule has 0 bridgehead atoms. The average molecular weight is 250 g/mol. The Morgan fingerprint density at radius 2 is 2.25 bits per heavy atom. The van der Waals surface area contributed by atoms with Gasteiger partial charge in [-0.25, -0.2) is 4.98 Å². The molecule has 1 N–H and O–H groups in total. The Morgan fingerprint density at radius 1 is 1.38 bits per heavy atom. The number of aromatic nitrogens is 1. The molecule has 0 saturated carbocycles. The highest BCUT2D eigenvalue weighted by Crippen LogP contribution is 2.31. The predicted octanol–water partition coefficient (Wildman–Crippen LogP) is 3.06. The number of thiazole rings is 1. The molecule has 1 fully saturated rings. The van der Waals surface area contributed by atoms with E-state index in [0.717, 1.165) is 23.1 Å². The molecule has 2 unspecified atom stereocenters. The van der Waals surface area contributed by atoms with E-state index in [2.05, 4.69) is 36.5 Å². The van der Waals surface area contributed by atoms with Crippen LogP contribution in [0.25, 0.3) is 10.2 Å². The smallest absolute Gasteiger partial charge is 0.112 e. The van der Waals surface area contributed by atoms with Crippen molar-refractivity contribution in [3.05, 3.63) is 29.3 Å². The Morgan fingerprint density at radius 3 is 3.00 bits per heavy atom. The van der Waals surface area contributed by atoms with Crippen LogP contribution in [0.4, 0.5) is 0 Å². The molecule has 0 amide bonds. The van der Waals surface area contributed by atoms with Crippen molar-refractivity contribution < 1.29 is 0 Å². The fourth-order valence-electron chi connectivity index (χ4n) is 1.88. The maximum Gasteiger partial charge on any atom is 0.112 e. The van der Waals surface area contributed by atoms with Crippen molar-refractivity contribution in [3.63, 3.8) is 0 Å². The van der Waals surface area contributed by atoms with Gasteiger partial charge >= 0.3 is 0 Å². The number of nitrogens with one attached hydrogen (secondary N) is 1. The summed E-state index contributed by atoms with van der Waals surface area (Å²) >= 11 is 3.85. The van der Waals surface area contributed by atoms with Gasteiger partial charge in [0.2, 0.25) is 0 Å².